The Bertz CT molecular complexity index is 636. The second-order valence-electron chi connectivity index (χ2n) is 3.96. The van der Waals surface area contributed by atoms with Crippen LogP contribution in [0.2, 0.25) is 0 Å². The van der Waals surface area contributed by atoms with Crippen LogP contribution in [0.4, 0.5) is 5.69 Å². The molecular weight excluding hydrogens is 242 g/mol. The minimum absolute atomic E-state index is 0.225. The first-order valence-corrected chi connectivity index (χ1v) is 5.61. The zero-order chi connectivity index (χ0) is 13.7. The van der Waals surface area contributed by atoms with Gasteiger partial charge in [0.2, 0.25) is 0 Å². The Morgan fingerprint density at radius 2 is 1.74 bits per heavy atom. The highest BCUT2D eigenvalue weighted by Gasteiger charge is 2.32. The minimum Gasteiger partial charge on any atom is -0.373 e. The smallest absolute Gasteiger partial charge is 0.170 e. The van der Waals surface area contributed by atoms with Crippen molar-refractivity contribution in [1.29, 1.82) is 0 Å². The Kier molecular flexibility index (Phi) is 3.61. The van der Waals surface area contributed by atoms with Crippen molar-refractivity contribution in [2.75, 3.05) is 0 Å². The third-order valence-corrected chi connectivity index (χ3v) is 2.85. The Balaban J connectivity index is 2.66. The van der Waals surface area contributed by atoms with Gasteiger partial charge in [-0.25, -0.2) is 0 Å². The molecule has 0 fully saturated rings. The highest BCUT2D eigenvalue weighted by molar-refractivity contribution is 5.75. The highest BCUT2D eigenvalue weighted by Crippen LogP contribution is 2.34. The van der Waals surface area contributed by atoms with Crippen molar-refractivity contribution in [3.63, 3.8) is 0 Å². The molecule has 0 spiro atoms. The fourth-order valence-electron chi connectivity index (χ4n) is 1.91. The zero-order valence-corrected chi connectivity index (χ0v) is 9.97. The van der Waals surface area contributed by atoms with Crippen LogP contribution in [-0.4, -0.2) is 11.4 Å². The summed E-state index contributed by atoms with van der Waals surface area (Å²) in [6, 6.07) is 15.0. The number of carbonyl (C=O) groups excluding carboxylic acids is 1. The summed E-state index contributed by atoms with van der Waals surface area (Å²) in [7, 11) is 0. The standard InChI is InChI=1S/C14H11N3O2/c15-17-16-13-9-5-4-8-12(13)14(19,10-18)11-6-2-1-3-7-11/h1-10,19H. The van der Waals surface area contributed by atoms with Gasteiger partial charge in [0, 0.05) is 16.2 Å². The van der Waals surface area contributed by atoms with Crippen LogP contribution in [0, 0.1) is 0 Å². The number of hydrogen-bond acceptors (Lipinski definition) is 3. The van der Waals surface area contributed by atoms with Crippen LogP contribution >= 0.6 is 0 Å². The van der Waals surface area contributed by atoms with Gasteiger partial charge in [-0.2, -0.15) is 0 Å². The fourth-order valence-corrected chi connectivity index (χ4v) is 1.91. The molecule has 2 aromatic carbocycles. The average molecular weight is 253 g/mol. The summed E-state index contributed by atoms with van der Waals surface area (Å²) in [6.07, 6.45) is 0.439. The van der Waals surface area contributed by atoms with Gasteiger partial charge in [-0.3, -0.25) is 4.79 Å². The van der Waals surface area contributed by atoms with E-state index in [1.54, 1.807) is 54.6 Å². The van der Waals surface area contributed by atoms with E-state index in [9.17, 15) is 9.90 Å². The number of aldehydes is 1. The third-order valence-electron chi connectivity index (χ3n) is 2.85. The topological polar surface area (TPSA) is 86.1 Å². The molecule has 1 atom stereocenters. The molecule has 0 saturated carbocycles. The molecule has 0 aliphatic heterocycles. The summed E-state index contributed by atoms with van der Waals surface area (Å²) in [5.41, 5.74) is 7.62. The number of rotatable bonds is 4. The maximum absolute atomic E-state index is 11.4. The molecule has 2 rings (SSSR count). The predicted molar refractivity (Wildman–Crippen MR) is 70.8 cm³/mol. The highest BCUT2D eigenvalue weighted by atomic mass is 16.3. The van der Waals surface area contributed by atoms with E-state index in [1.807, 2.05) is 0 Å². The normalized spacial score (nSPS) is 13.1. The number of hydrogen-bond donors (Lipinski definition) is 1. The zero-order valence-electron chi connectivity index (χ0n) is 9.97. The molecule has 19 heavy (non-hydrogen) atoms. The summed E-state index contributed by atoms with van der Waals surface area (Å²) < 4.78 is 0. The molecular formula is C14H11N3O2. The Morgan fingerprint density at radius 3 is 2.37 bits per heavy atom. The summed E-state index contributed by atoms with van der Waals surface area (Å²) in [4.78, 5) is 14.1. The van der Waals surface area contributed by atoms with Crippen molar-refractivity contribution in [1.82, 2.24) is 0 Å². The molecule has 0 radical (unpaired) electrons. The van der Waals surface area contributed by atoms with Crippen LogP contribution < -0.4 is 0 Å². The van der Waals surface area contributed by atoms with E-state index in [-0.39, 0.29) is 11.3 Å². The number of nitrogens with zero attached hydrogens (tertiary/aromatic N) is 3. The Labute approximate surface area is 109 Å². The second-order valence-corrected chi connectivity index (χ2v) is 3.96. The van der Waals surface area contributed by atoms with Gasteiger partial charge in [-0.05, 0) is 11.1 Å². The van der Waals surface area contributed by atoms with Gasteiger partial charge in [-0.15, -0.1) is 0 Å². The lowest BCUT2D eigenvalue weighted by atomic mass is 9.87. The third kappa shape index (κ3) is 2.33. The van der Waals surface area contributed by atoms with E-state index in [0.29, 0.717) is 11.8 Å². The van der Waals surface area contributed by atoms with Gasteiger partial charge in [0.25, 0.3) is 0 Å². The molecule has 1 N–H and O–H groups in total. The molecule has 0 saturated heterocycles. The first-order chi connectivity index (χ1) is 9.22. The van der Waals surface area contributed by atoms with Crippen molar-refractivity contribution in [3.8, 4) is 0 Å². The first kappa shape index (κ1) is 12.8. The van der Waals surface area contributed by atoms with Crippen LogP contribution in [0.1, 0.15) is 11.1 Å². The lowest BCUT2D eigenvalue weighted by Crippen LogP contribution is -2.29. The number of carbonyl (C=O) groups is 1. The van der Waals surface area contributed by atoms with E-state index in [2.05, 4.69) is 10.0 Å². The molecule has 0 aliphatic rings. The summed E-state index contributed by atoms with van der Waals surface area (Å²) in [6.45, 7) is 0. The minimum atomic E-state index is -1.83. The lowest BCUT2D eigenvalue weighted by Gasteiger charge is -2.24. The van der Waals surface area contributed by atoms with Crippen molar-refractivity contribution in [2.45, 2.75) is 5.60 Å². The molecule has 0 aliphatic carbocycles. The van der Waals surface area contributed by atoms with Crippen molar-refractivity contribution in [2.24, 2.45) is 5.11 Å². The SMILES string of the molecule is [N-]=[N+]=Nc1ccccc1C(O)(C=O)c1ccccc1. The van der Waals surface area contributed by atoms with E-state index in [0.717, 1.165) is 0 Å². The second kappa shape index (κ2) is 5.35. The van der Waals surface area contributed by atoms with Crippen molar-refractivity contribution >= 4 is 12.0 Å². The summed E-state index contributed by atoms with van der Waals surface area (Å²) in [5, 5.41) is 14.1. The summed E-state index contributed by atoms with van der Waals surface area (Å²) in [5.74, 6) is 0. The predicted octanol–water partition coefficient (Wildman–Crippen LogP) is 3.06. The largest absolute Gasteiger partial charge is 0.373 e. The molecule has 5 heteroatoms. The maximum atomic E-state index is 11.4. The molecule has 2 aromatic rings. The molecule has 0 heterocycles. The summed E-state index contributed by atoms with van der Waals surface area (Å²) >= 11 is 0. The van der Waals surface area contributed by atoms with Crippen molar-refractivity contribution in [3.05, 3.63) is 76.2 Å². The van der Waals surface area contributed by atoms with E-state index in [4.69, 9.17) is 5.53 Å². The maximum Gasteiger partial charge on any atom is 0.170 e. The van der Waals surface area contributed by atoms with Gasteiger partial charge in [0.1, 0.15) is 0 Å². The molecule has 0 aromatic heterocycles. The monoisotopic (exact) mass is 253 g/mol. The number of benzene rings is 2. The quantitative estimate of drug-likeness (QED) is 0.393. The number of azide groups is 1. The van der Waals surface area contributed by atoms with Gasteiger partial charge in [0.05, 0.1) is 0 Å². The Morgan fingerprint density at radius 1 is 1.11 bits per heavy atom. The number of aliphatic hydroxyl groups is 1. The van der Waals surface area contributed by atoms with Gasteiger partial charge < -0.3 is 5.11 Å². The van der Waals surface area contributed by atoms with Gasteiger partial charge in [0.15, 0.2) is 11.9 Å². The van der Waals surface area contributed by atoms with Crippen LogP contribution in [0.5, 0.6) is 0 Å². The average Bonchev–Trinajstić information content (AvgIpc) is 2.48. The molecule has 94 valence electrons. The van der Waals surface area contributed by atoms with Gasteiger partial charge in [-0.1, -0.05) is 59.7 Å². The molecule has 5 nitrogen and oxygen atoms in total. The van der Waals surface area contributed by atoms with Crippen molar-refractivity contribution < 1.29 is 9.90 Å². The molecule has 0 bridgehead atoms. The van der Waals surface area contributed by atoms with Crippen LogP contribution in [0.15, 0.2) is 59.7 Å². The fraction of sp³-hybridized carbons (Fsp3) is 0.0714. The van der Waals surface area contributed by atoms with Gasteiger partial charge >= 0.3 is 0 Å². The molecule has 0 amide bonds. The molecule has 1 unspecified atom stereocenters. The van der Waals surface area contributed by atoms with E-state index in [1.165, 1.54) is 0 Å². The first-order valence-electron chi connectivity index (χ1n) is 5.61. The van der Waals surface area contributed by atoms with Crippen LogP contribution in [0.25, 0.3) is 10.4 Å². The van der Waals surface area contributed by atoms with E-state index >= 15 is 0 Å². The lowest BCUT2D eigenvalue weighted by molar-refractivity contribution is -0.121. The van der Waals surface area contributed by atoms with E-state index < -0.39 is 5.60 Å². The van der Waals surface area contributed by atoms with Crippen LogP contribution in [-0.2, 0) is 10.4 Å². The van der Waals surface area contributed by atoms with Crippen LogP contribution in [0.3, 0.4) is 0 Å². The Hall–Kier alpha value is -2.62.